The fourth-order valence-electron chi connectivity index (χ4n) is 1.76. The van der Waals surface area contributed by atoms with Crippen molar-refractivity contribution >= 4 is 9.84 Å². The molecule has 0 aromatic heterocycles. The van der Waals surface area contributed by atoms with E-state index < -0.39 is 15.7 Å². The zero-order chi connectivity index (χ0) is 11.8. The molecule has 0 heterocycles. The van der Waals surface area contributed by atoms with Gasteiger partial charge in [0.05, 0.1) is 5.75 Å². The lowest BCUT2D eigenvalue weighted by atomic mass is 10.1. The first-order valence-corrected chi connectivity index (χ1v) is 6.82. The minimum atomic E-state index is -3.55. The molecule has 0 aliphatic heterocycles. The molecular weight excluding hydrogens is 229 g/mol. The summed E-state index contributed by atoms with van der Waals surface area (Å²) >= 11 is 0. The van der Waals surface area contributed by atoms with E-state index in [2.05, 4.69) is 0 Å². The Hall–Kier alpha value is -0.940. The predicted octanol–water partition coefficient (Wildman–Crippen LogP) is 1.34. The highest BCUT2D eigenvalue weighted by atomic mass is 32.2. The molecule has 1 fully saturated rings. The van der Waals surface area contributed by atoms with Gasteiger partial charge in [-0.25, -0.2) is 12.8 Å². The molecule has 0 atom stereocenters. The lowest BCUT2D eigenvalue weighted by Gasteiger charge is -2.12. The number of halogens is 1. The van der Waals surface area contributed by atoms with Crippen molar-refractivity contribution in [1.29, 1.82) is 0 Å². The first kappa shape index (κ1) is 11.5. The minimum absolute atomic E-state index is 0.0442. The third kappa shape index (κ3) is 2.10. The smallest absolute Gasteiger partial charge is 0.181 e. The van der Waals surface area contributed by atoms with E-state index in [1.807, 2.05) is 0 Å². The van der Waals surface area contributed by atoms with Gasteiger partial charge in [0, 0.05) is 0 Å². The molecule has 0 radical (unpaired) electrons. The lowest BCUT2D eigenvalue weighted by Crippen LogP contribution is -2.25. The zero-order valence-electron chi connectivity index (χ0n) is 8.82. The number of hydrogen-bond acceptors (Lipinski definition) is 3. The average molecular weight is 243 g/mol. The molecule has 1 aromatic rings. The fraction of sp³-hybridized carbons (Fsp3) is 0.455. The topological polar surface area (TPSA) is 60.2 Å². The Kier molecular flexibility index (Phi) is 2.75. The molecule has 88 valence electrons. The summed E-state index contributed by atoms with van der Waals surface area (Å²) in [4.78, 5) is -0.213. The van der Waals surface area contributed by atoms with Gasteiger partial charge < -0.3 is 5.73 Å². The van der Waals surface area contributed by atoms with E-state index in [4.69, 9.17) is 5.73 Å². The van der Waals surface area contributed by atoms with Crippen LogP contribution in [-0.4, -0.2) is 20.7 Å². The molecule has 3 nitrogen and oxygen atoms in total. The van der Waals surface area contributed by atoms with Gasteiger partial charge in [-0.05, 0) is 36.9 Å². The van der Waals surface area contributed by atoms with E-state index in [-0.39, 0.29) is 16.1 Å². The van der Waals surface area contributed by atoms with Crippen LogP contribution in [0.2, 0.25) is 0 Å². The van der Waals surface area contributed by atoms with E-state index in [1.54, 1.807) is 0 Å². The molecule has 0 unspecified atom stereocenters. The Morgan fingerprint density at radius 2 is 1.94 bits per heavy atom. The SMILES string of the molecule is NCC1(CS(=O)(=O)c2ccccc2F)CC1. The van der Waals surface area contributed by atoms with Crippen LogP contribution >= 0.6 is 0 Å². The van der Waals surface area contributed by atoms with Crippen LogP contribution in [0.25, 0.3) is 0 Å². The van der Waals surface area contributed by atoms with Gasteiger partial charge in [0.25, 0.3) is 0 Å². The second kappa shape index (κ2) is 3.82. The molecule has 2 rings (SSSR count). The van der Waals surface area contributed by atoms with Crippen molar-refractivity contribution in [2.75, 3.05) is 12.3 Å². The maximum absolute atomic E-state index is 13.4. The first-order chi connectivity index (χ1) is 7.49. The number of rotatable bonds is 4. The van der Waals surface area contributed by atoms with E-state index in [1.165, 1.54) is 18.2 Å². The highest BCUT2D eigenvalue weighted by Gasteiger charge is 2.45. The highest BCUT2D eigenvalue weighted by molar-refractivity contribution is 7.91. The van der Waals surface area contributed by atoms with Gasteiger partial charge in [0.1, 0.15) is 10.7 Å². The van der Waals surface area contributed by atoms with Gasteiger partial charge >= 0.3 is 0 Å². The monoisotopic (exact) mass is 243 g/mol. The fourth-order valence-corrected chi connectivity index (χ4v) is 3.78. The van der Waals surface area contributed by atoms with E-state index in [0.29, 0.717) is 6.54 Å². The van der Waals surface area contributed by atoms with Crippen LogP contribution in [-0.2, 0) is 9.84 Å². The average Bonchev–Trinajstić information content (AvgIpc) is 2.98. The maximum Gasteiger partial charge on any atom is 0.181 e. The van der Waals surface area contributed by atoms with Gasteiger partial charge in [0.15, 0.2) is 9.84 Å². The second-order valence-corrected chi connectivity index (χ2v) is 6.35. The van der Waals surface area contributed by atoms with E-state index in [0.717, 1.165) is 18.9 Å². The minimum Gasteiger partial charge on any atom is -0.330 e. The van der Waals surface area contributed by atoms with E-state index >= 15 is 0 Å². The van der Waals surface area contributed by atoms with Gasteiger partial charge in [-0.1, -0.05) is 12.1 Å². The summed E-state index contributed by atoms with van der Waals surface area (Å²) in [6.07, 6.45) is 1.63. The van der Waals surface area contributed by atoms with Crippen LogP contribution in [0.15, 0.2) is 29.2 Å². The van der Waals surface area contributed by atoms with Crippen molar-refractivity contribution in [2.24, 2.45) is 11.1 Å². The summed E-state index contributed by atoms with van der Waals surface area (Å²) in [5.41, 5.74) is 5.23. The maximum atomic E-state index is 13.4. The summed E-state index contributed by atoms with van der Waals surface area (Å²) in [6.45, 7) is 0.348. The van der Waals surface area contributed by atoms with E-state index in [9.17, 15) is 12.8 Å². The molecule has 0 bridgehead atoms. The van der Waals surface area contributed by atoms with Gasteiger partial charge in [-0.2, -0.15) is 0 Å². The van der Waals surface area contributed by atoms with Gasteiger partial charge in [-0.15, -0.1) is 0 Å². The first-order valence-electron chi connectivity index (χ1n) is 5.16. The van der Waals surface area contributed by atoms with Crippen molar-refractivity contribution in [1.82, 2.24) is 0 Å². The van der Waals surface area contributed by atoms with Crippen LogP contribution in [0.5, 0.6) is 0 Å². The Balaban J connectivity index is 2.30. The van der Waals surface area contributed by atoms with Crippen molar-refractivity contribution in [3.63, 3.8) is 0 Å². The van der Waals surface area contributed by atoms with Crippen LogP contribution < -0.4 is 5.73 Å². The Bertz CT molecular complexity index is 494. The predicted molar refractivity (Wildman–Crippen MR) is 59.2 cm³/mol. The van der Waals surface area contributed by atoms with Crippen molar-refractivity contribution in [2.45, 2.75) is 17.7 Å². The lowest BCUT2D eigenvalue weighted by molar-refractivity contribution is 0.535. The third-order valence-corrected chi connectivity index (χ3v) is 5.05. The largest absolute Gasteiger partial charge is 0.330 e. The quantitative estimate of drug-likeness (QED) is 0.868. The number of sulfone groups is 1. The summed E-state index contributed by atoms with van der Waals surface area (Å²) < 4.78 is 37.3. The number of benzene rings is 1. The molecule has 1 saturated carbocycles. The highest BCUT2D eigenvalue weighted by Crippen LogP contribution is 2.46. The zero-order valence-corrected chi connectivity index (χ0v) is 9.63. The van der Waals surface area contributed by atoms with Gasteiger partial charge in [0.2, 0.25) is 0 Å². The second-order valence-electron chi connectivity index (χ2n) is 4.39. The Labute approximate surface area is 94.4 Å². The summed E-state index contributed by atoms with van der Waals surface area (Å²) in [5.74, 6) is -0.729. The summed E-state index contributed by atoms with van der Waals surface area (Å²) in [7, 11) is -3.55. The number of nitrogens with two attached hydrogens (primary N) is 1. The van der Waals surface area contributed by atoms with Crippen molar-refractivity contribution < 1.29 is 12.8 Å². The molecule has 0 saturated heterocycles. The standard InChI is InChI=1S/C11H14FNO2S/c12-9-3-1-2-4-10(9)16(14,15)8-11(7-13)5-6-11/h1-4H,5-8,13H2. The van der Waals surface area contributed by atoms with Crippen LogP contribution in [0, 0.1) is 11.2 Å². The molecule has 1 aromatic carbocycles. The third-order valence-electron chi connectivity index (χ3n) is 3.06. The van der Waals surface area contributed by atoms with Crippen LogP contribution in [0.3, 0.4) is 0 Å². The summed E-state index contributed by atoms with van der Waals surface area (Å²) in [5, 5.41) is 0. The van der Waals surface area contributed by atoms with Crippen LogP contribution in [0.4, 0.5) is 4.39 Å². The van der Waals surface area contributed by atoms with Crippen molar-refractivity contribution in [3.05, 3.63) is 30.1 Å². The normalized spacial score (nSPS) is 18.4. The molecule has 1 aliphatic rings. The molecule has 5 heteroatoms. The van der Waals surface area contributed by atoms with Gasteiger partial charge in [-0.3, -0.25) is 0 Å². The molecule has 0 amide bonds. The number of hydrogen-bond donors (Lipinski definition) is 1. The molecule has 1 aliphatic carbocycles. The Morgan fingerprint density at radius 3 is 2.44 bits per heavy atom. The molecular formula is C11H14FNO2S. The molecule has 16 heavy (non-hydrogen) atoms. The van der Waals surface area contributed by atoms with Crippen molar-refractivity contribution in [3.8, 4) is 0 Å². The molecule has 0 spiro atoms. The molecule has 2 N–H and O–H groups in total. The Morgan fingerprint density at radius 1 is 1.31 bits per heavy atom. The van der Waals surface area contributed by atoms with Crippen LogP contribution in [0.1, 0.15) is 12.8 Å². The summed E-state index contributed by atoms with van der Waals surface area (Å²) in [6, 6.07) is 5.47.